The van der Waals surface area contributed by atoms with Crippen LogP contribution < -0.4 is 4.90 Å². The molecule has 1 aliphatic rings. The van der Waals surface area contributed by atoms with Gasteiger partial charge in [0.15, 0.2) is 0 Å². The minimum atomic E-state index is -0.674. The first kappa shape index (κ1) is 15.3. The predicted octanol–water partition coefficient (Wildman–Crippen LogP) is 3.01. The van der Waals surface area contributed by atoms with Gasteiger partial charge in [0, 0.05) is 24.8 Å². The lowest BCUT2D eigenvalue weighted by Crippen LogP contribution is -2.24. The largest absolute Gasteiger partial charge is 0.465 e. The van der Waals surface area contributed by atoms with Crippen molar-refractivity contribution in [2.75, 3.05) is 25.1 Å². The van der Waals surface area contributed by atoms with Crippen molar-refractivity contribution in [2.24, 2.45) is 5.92 Å². The maximum absolute atomic E-state index is 11.7. The summed E-state index contributed by atoms with van der Waals surface area (Å²) in [4.78, 5) is 24.4. The van der Waals surface area contributed by atoms with Crippen molar-refractivity contribution >= 4 is 17.3 Å². The molecule has 1 aliphatic heterocycles. The van der Waals surface area contributed by atoms with E-state index in [2.05, 4.69) is 16.6 Å². The number of nitro benzene ring substituents is 1. The van der Waals surface area contributed by atoms with E-state index >= 15 is 0 Å². The monoisotopic (exact) mass is 292 g/mol. The molecule has 1 aromatic rings. The standard InChI is InChI=1S/C15H20N2O4/c1-11-4-3-8-16(9-7-11)12-5-6-14(17(19)20)13(10-12)15(18)21-2/h5-6,10-11H,3-4,7-9H2,1-2H3. The van der Waals surface area contributed by atoms with Gasteiger partial charge in [-0.3, -0.25) is 10.1 Å². The number of carbonyl (C=O) groups excluding carboxylic acids is 1. The molecule has 1 saturated heterocycles. The number of hydrogen-bond donors (Lipinski definition) is 0. The summed E-state index contributed by atoms with van der Waals surface area (Å²) in [6, 6.07) is 4.66. The Balaban J connectivity index is 2.32. The molecule has 1 unspecified atom stereocenters. The molecule has 6 heteroatoms. The number of rotatable bonds is 3. The van der Waals surface area contributed by atoms with Crippen LogP contribution in [0.4, 0.5) is 11.4 Å². The summed E-state index contributed by atoms with van der Waals surface area (Å²) in [6.07, 6.45) is 3.36. The number of methoxy groups -OCH3 is 1. The molecule has 0 aliphatic carbocycles. The van der Waals surface area contributed by atoms with Crippen LogP contribution in [0.15, 0.2) is 18.2 Å². The van der Waals surface area contributed by atoms with E-state index in [1.165, 1.54) is 19.6 Å². The van der Waals surface area contributed by atoms with Gasteiger partial charge in [-0.05, 0) is 37.3 Å². The highest BCUT2D eigenvalue weighted by molar-refractivity contribution is 5.95. The Bertz CT molecular complexity index is 544. The van der Waals surface area contributed by atoms with E-state index < -0.39 is 10.9 Å². The molecule has 0 bridgehead atoms. The zero-order chi connectivity index (χ0) is 15.4. The van der Waals surface area contributed by atoms with Crippen molar-refractivity contribution in [3.8, 4) is 0 Å². The van der Waals surface area contributed by atoms with Gasteiger partial charge in [0.1, 0.15) is 5.56 Å². The summed E-state index contributed by atoms with van der Waals surface area (Å²) < 4.78 is 4.65. The van der Waals surface area contributed by atoms with E-state index in [1.807, 2.05) is 0 Å². The maximum atomic E-state index is 11.7. The lowest BCUT2D eigenvalue weighted by molar-refractivity contribution is -0.385. The van der Waals surface area contributed by atoms with E-state index in [1.54, 1.807) is 12.1 Å². The van der Waals surface area contributed by atoms with Crippen LogP contribution in [-0.4, -0.2) is 31.1 Å². The second-order valence-electron chi connectivity index (χ2n) is 5.47. The van der Waals surface area contributed by atoms with Crippen LogP contribution in [0.25, 0.3) is 0 Å². The molecule has 0 saturated carbocycles. The van der Waals surface area contributed by atoms with Gasteiger partial charge in [-0.15, -0.1) is 0 Å². The lowest BCUT2D eigenvalue weighted by Gasteiger charge is -2.23. The van der Waals surface area contributed by atoms with Gasteiger partial charge in [-0.25, -0.2) is 4.79 Å². The topological polar surface area (TPSA) is 72.7 Å². The van der Waals surface area contributed by atoms with E-state index in [0.29, 0.717) is 5.92 Å². The van der Waals surface area contributed by atoms with E-state index in [4.69, 9.17) is 0 Å². The van der Waals surface area contributed by atoms with E-state index in [-0.39, 0.29) is 11.3 Å². The quantitative estimate of drug-likeness (QED) is 0.486. The Labute approximate surface area is 123 Å². The fourth-order valence-corrected chi connectivity index (χ4v) is 2.67. The fourth-order valence-electron chi connectivity index (χ4n) is 2.67. The highest BCUT2D eigenvalue weighted by Crippen LogP contribution is 2.28. The van der Waals surface area contributed by atoms with Crippen molar-refractivity contribution in [3.63, 3.8) is 0 Å². The molecule has 0 radical (unpaired) electrons. The van der Waals surface area contributed by atoms with E-state index in [0.717, 1.165) is 31.6 Å². The first-order valence-corrected chi connectivity index (χ1v) is 7.14. The average Bonchev–Trinajstić information content (AvgIpc) is 2.70. The first-order valence-electron chi connectivity index (χ1n) is 7.14. The average molecular weight is 292 g/mol. The van der Waals surface area contributed by atoms with Crippen LogP contribution in [-0.2, 0) is 4.74 Å². The molecule has 0 N–H and O–H groups in total. The number of carbonyl (C=O) groups is 1. The van der Waals surface area contributed by atoms with Gasteiger partial charge >= 0.3 is 5.97 Å². The van der Waals surface area contributed by atoms with Gasteiger partial charge in [0.2, 0.25) is 0 Å². The molecule has 0 aromatic heterocycles. The molecular formula is C15H20N2O4. The Kier molecular flexibility index (Phi) is 4.77. The maximum Gasteiger partial charge on any atom is 0.344 e. The lowest BCUT2D eigenvalue weighted by atomic mass is 10.0. The summed E-state index contributed by atoms with van der Waals surface area (Å²) in [6.45, 7) is 4.04. The van der Waals surface area contributed by atoms with Crippen molar-refractivity contribution < 1.29 is 14.5 Å². The van der Waals surface area contributed by atoms with Crippen LogP contribution in [0.2, 0.25) is 0 Å². The SMILES string of the molecule is COC(=O)c1cc(N2CCCC(C)CC2)ccc1[N+](=O)[O-]. The van der Waals surface area contributed by atoms with Gasteiger partial charge in [0.25, 0.3) is 5.69 Å². The third kappa shape index (κ3) is 3.51. The van der Waals surface area contributed by atoms with Crippen LogP contribution in [0.1, 0.15) is 36.5 Å². The minimum Gasteiger partial charge on any atom is -0.465 e. The molecule has 0 spiro atoms. The Hall–Kier alpha value is -2.11. The molecule has 1 aromatic carbocycles. The minimum absolute atomic E-state index is 0.0114. The zero-order valence-electron chi connectivity index (χ0n) is 12.4. The highest BCUT2D eigenvalue weighted by atomic mass is 16.6. The molecule has 114 valence electrons. The summed E-state index contributed by atoms with van der Waals surface area (Å²) in [5.41, 5.74) is 0.640. The first-order chi connectivity index (χ1) is 10.0. The van der Waals surface area contributed by atoms with E-state index in [9.17, 15) is 14.9 Å². The van der Waals surface area contributed by atoms with Gasteiger partial charge in [-0.2, -0.15) is 0 Å². The summed E-state index contributed by atoms with van der Waals surface area (Å²) in [5.74, 6) is 0.0138. The molecular weight excluding hydrogens is 272 g/mol. The Morgan fingerprint density at radius 3 is 2.81 bits per heavy atom. The second-order valence-corrected chi connectivity index (χ2v) is 5.47. The molecule has 1 fully saturated rings. The van der Waals surface area contributed by atoms with Crippen LogP contribution in [0.3, 0.4) is 0 Å². The number of esters is 1. The molecule has 6 nitrogen and oxygen atoms in total. The van der Waals surface area contributed by atoms with Crippen molar-refractivity contribution in [1.82, 2.24) is 0 Å². The number of anilines is 1. The number of benzene rings is 1. The number of nitrogens with zero attached hydrogens (tertiary/aromatic N) is 2. The van der Waals surface area contributed by atoms with Crippen molar-refractivity contribution in [2.45, 2.75) is 26.2 Å². The van der Waals surface area contributed by atoms with Gasteiger partial charge < -0.3 is 9.64 Å². The Morgan fingerprint density at radius 2 is 2.14 bits per heavy atom. The number of nitro groups is 1. The second kappa shape index (κ2) is 6.56. The Morgan fingerprint density at radius 1 is 1.38 bits per heavy atom. The van der Waals surface area contributed by atoms with Crippen LogP contribution in [0, 0.1) is 16.0 Å². The third-order valence-corrected chi connectivity index (χ3v) is 3.96. The molecule has 2 rings (SSSR count). The molecule has 0 amide bonds. The molecule has 21 heavy (non-hydrogen) atoms. The molecule has 1 atom stereocenters. The van der Waals surface area contributed by atoms with Crippen LogP contribution >= 0.6 is 0 Å². The summed E-state index contributed by atoms with van der Waals surface area (Å²) >= 11 is 0. The van der Waals surface area contributed by atoms with Gasteiger partial charge in [0.05, 0.1) is 12.0 Å². The van der Waals surface area contributed by atoms with Crippen LogP contribution in [0.5, 0.6) is 0 Å². The predicted molar refractivity (Wildman–Crippen MR) is 79.7 cm³/mol. The van der Waals surface area contributed by atoms with Crippen molar-refractivity contribution in [1.29, 1.82) is 0 Å². The fraction of sp³-hybridized carbons (Fsp3) is 0.533. The zero-order valence-corrected chi connectivity index (χ0v) is 12.4. The van der Waals surface area contributed by atoms with Gasteiger partial charge in [-0.1, -0.05) is 6.92 Å². The normalized spacial score (nSPS) is 19.0. The van der Waals surface area contributed by atoms with Crippen molar-refractivity contribution in [3.05, 3.63) is 33.9 Å². The third-order valence-electron chi connectivity index (χ3n) is 3.96. The number of hydrogen-bond acceptors (Lipinski definition) is 5. The summed E-state index contributed by atoms with van der Waals surface area (Å²) in [7, 11) is 1.23. The smallest absolute Gasteiger partial charge is 0.344 e. The molecule has 1 heterocycles. The highest BCUT2D eigenvalue weighted by Gasteiger charge is 2.23. The summed E-state index contributed by atoms with van der Waals surface area (Å²) in [5, 5.41) is 11.0. The number of ether oxygens (including phenoxy) is 1.